The lowest BCUT2D eigenvalue weighted by atomic mass is 9.83. The fraction of sp³-hybridized carbons (Fsp3) is 0.615. The number of hydrogen-bond donors (Lipinski definition) is 0. The lowest BCUT2D eigenvalue weighted by molar-refractivity contribution is -0.145. The summed E-state index contributed by atoms with van der Waals surface area (Å²) in [6.07, 6.45) is 6.34. The van der Waals surface area contributed by atoms with Gasteiger partial charge in [0, 0.05) is 24.9 Å². The molecule has 3 rings (SSSR count). The topological polar surface area (TPSA) is 55.3 Å². The van der Waals surface area contributed by atoms with E-state index < -0.39 is 0 Å². The molecule has 1 aliphatic heterocycles. The van der Waals surface area contributed by atoms with E-state index in [0.717, 1.165) is 25.9 Å². The molecule has 1 amide bonds. The van der Waals surface area contributed by atoms with Crippen LogP contribution in [0.15, 0.2) is 12.4 Å². The van der Waals surface area contributed by atoms with E-state index in [1.54, 1.807) is 6.20 Å². The zero-order chi connectivity index (χ0) is 13.2. The van der Waals surface area contributed by atoms with Crippen molar-refractivity contribution >= 4 is 17.5 Å². The molecule has 6 heteroatoms. The molecule has 1 aromatic heterocycles. The van der Waals surface area contributed by atoms with E-state index in [1.807, 2.05) is 4.90 Å². The first-order valence-electron chi connectivity index (χ1n) is 6.61. The van der Waals surface area contributed by atoms with Gasteiger partial charge < -0.3 is 9.64 Å². The van der Waals surface area contributed by atoms with E-state index in [9.17, 15) is 4.79 Å². The summed E-state index contributed by atoms with van der Waals surface area (Å²) in [6, 6.07) is 0. The first-order valence-corrected chi connectivity index (χ1v) is 6.99. The van der Waals surface area contributed by atoms with Crippen LogP contribution in [0.5, 0.6) is 5.88 Å². The fourth-order valence-corrected chi connectivity index (χ4v) is 2.51. The van der Waals surface area contributed by atoms with Crippen LogP contribution in [-0.4, -0.2) is 40.5 Å². The summed E-state index contributed by atoms with van der Waals surface area (Å²) in [5.41, 5.74) is 0. The third-order valence-corrected chi connectivity index (χ3v) is 3.96. The Labute approximate surface area is 116 Å². The van der Waals surface area contributed by atoms with E-state index in [4.69, 9.17) is 16.3 Å². The molecule has 19 heavy (non-hydrogen) atoms. The van der Waals surface area contributed by atoms with Crippen molar-refractivity contribution in [2.24, 2.45) is 11.8 Å². The van der Waals surface area contributed by atoms with Crippen molar-refractivity contribution in [3.05, 3.63) is 17.5 Å². The normalized spacial score (nSPS) is 19.7. The van der Waals surface area contributed by atoms with Crippen molar-refractivity contribution in [1.29, 1.82) is 0 Å². The minimum absolute atomic E-state index is 0.292. The van der Waals surface area contributed by atoms with Gasteiger partial charge in [-0.25, -0.2) is 0 Å². The van der Waals surface area contributed by atoms with Crippen molar-refractivity contribution in [1.82, 2.24) is 14.9 Å². The second kappa shape index (κ2) is 5.33. The van der Waals surface area contributed by atoms with Gasteiger partial charge >= 0.3 is 0 Å². The number of halogens is 1. The van der Waals surface area contributed by atoms with E-state index >= 15 is 0 Å². The minimum Gasteiger partial charge on any atom is -0.476 e. The van der Waals surface area contributed by atoms with Crippen molar-refractivity contribution < 1.29 is 9.53 Å². The molecule has 2 fully saturated rings. The van der Waals surface area contributed by atoms with Gasteiger partial charge in [0.1, 0.15) is 0 Å². The Hall–Kier alpha value is -1.36. The first kappa shape index (κ1) is 12.7. The molecule has 2 heterocycles. The van der Waals surface area contributed by atoms with E-state index in [1.165, 1.54) is 12.6 Å². The van der Waals surface area contributed by atoms with Crippen molar-refractivity contribution in [3.8, 4) is 5.88 Å². The SMILES string of the molecule is O=C(C1CCC1)N1CC(COc2cncc(Cl)n2)C1. The van der Waals surface area contributed by atoms with Gasteiger partial charge in [-0.3, -0.25) is 9.78 Å². The maximum Gasteiger partial charge on any atom is 0.233 e. The zero-order valence-electron chi connectivity index (χ0n) is 10.6. The number of hydrogen-bond acceptors (Lipinski definition) is 4. The third kappa shape index (κ3) is 2.81. The minimum atomic E-state index is 0.292. The fourth-order valence-electron chi connectivity index (χ4n) is 2.37. The quantitative estimate of drug-likeness (QED) is 0.844. The third-order valence-electron chi connectivity index (χ3n) is 3.77. The molecule has 1 saturated heterocycles. The number of likely N-dealkylation sites (tertiary alicyclic amines) is 1. The lowest BCUT2D eigenvalue weighted by Gasteiger charge is -2.42. The average molecular weight is 282 g/mol. The smallest absolute Gasteiger partial charge is 0.233 e. The van der Waals surface area contributed by atoms with Crippen molar-refractivity contribution in [2.75, 3.05) is 19.7 Å². The molecule has 2 aliphatic rings. The van der Waals surface area contributed by atoms with Gasteiger partial charge in [0.25, 0.3) is 0 Å². The standard InChI is InChI=1S/C13H16ClN3O2/c14-11-4-15-5-12(16-11)19-8-9-6-17(7-9)13(18)10-2-1-3-10/h4-5,9-10H,1-3,6-8H2. The maximum absolute atomic E-state index is 11.9. The number of amides is 1. The number of carbonyl (C=O) groups excluding carboxylic acids is 1. The highest BCUT2D eigenvalue weighted by Gasteiger charge is 2.36. The number of aromatic nitrogens is 2. The van der Waals surface area contributed by atoms with Gasteiger partial charge in [0.15, 0.2) is 5.15 Å². The van der Waals surface area contributed by atoms with Crippen LogP contribution in [-0.2, 0) is 4.79 Å². The summed E-state index contributed by atoms with van der Waals surface area (Å²) in [7, 11) is 0. The maximum atomic E-state index is 11.9. The Morgan fingerprint density at radius 2 is 2.21 bits per heavy atom. The molecular formula is C13H16ClN3O2. The molecule has 1 aromatic rings. The van der Waals surface area contributed by atoms with Crippen LogP contribution in [0.1, 0.15) is 19.3 Å². The summed E-state index contributed by atoms with van der Waals surface area (Å²) in [5, 5.41) is 0.327. The molecule has 5 nitrogen and oxygen atoms in total. The van der Waals surface area contributed by atoms with Crippen LogP contribution in [0.3, 0.4) is 0 Å². The molecule has 0 radical (unpaired) electrons. The molecule has 102 valence electrons. The van der Waals surface area contributed by atoms with Gasteiger partial charge in [-0.2, -0.15) is 4.98 Å². The van der Waals surface area contributed by atoms with Crippen LogP contribution in [0.25, 0.3) is 0 Å². The Kier molecular flexibility index (Phi) is 3.55. The van der Waals surface area contributed by atoms with Gasteiger partial charge in [0.2, 0.25) is 11.8 Å². The van der Waals surface area contributed by atoms with Crippen LogP contribution in [0, 0.1) is 11.8 Å². The molecule has 0 N–H and O–H groups in total. The van der Waals surface area contributed by atoms with Crippen LogP contribution in [0.4, 0.5) is 0 Å². The Morgan fingerprint density at radius 1 is 1.42 bits per heavy atom. The Balaban J connectivity index is 1.40. The highest BCUT2D eigenvalue weighted by Crippen LogP contribution is 2.30. The molecule has 1 saturated carbocycles. The molecule has 0 spiro atoms. The molecule has 0 bridgehead atoms. The van der Waals surface area contributed by atoms with Gasteiger partial charge in [-0.1, -0.05) is 18.0 Å². The van der Waals surface area contributed by atoms with Gasteiger partial charge in [-0.15, -0.1) is 0 Å². The number of carbonyl (C=O) groups is 1. The van der Waals surface area contributed by atoms with Gasteiger partial charge in [-0.05, 0) is 12.8 Å². The number of rotatable bonds is 4. The van der Waals surface area contributed by atoms with Gasteiger partial charge in [0.05, 0.1) is 19.0 Å². The number of nitrogens with zero attached hydrogens (tertiary/aromatic N) is 3. The lowest BCUT2D eigenvalue weighted by Crippen LogP contribution is -2.54. The Morgan fingerprint density at radius 3 is 2.84 bits per heavy atom. The zero-order valence-corrected chi connectivity index (χ0v) is 11.3. The average Bonchev–Trinajstić information content (AvgIpc) is 2.24. The van der Waals surface area contributed by atoms with E-state index in [2.05, 4.69) is 9.97 Å². The van der Waals surface area contributed by atoms with Crippen LogP contribution < -0.4 is 4.74 Å². The number of ether oxygens (including phenoxy) is 1. The van der Waals surface area contributed by atoms with Crippen LogP contribution >= 0.6 is 11.6 Å². The molecule has 0 atom stereocenters. The molecular weight excluding hydrogens is 266 g/mol. The van der Waals surface area contributed by atoms with E-state index in [0.29, 0.717) is 35.4 Å². The molecule has 0 unspecified atom stereocenters. The highest BCUT2D eigenvalue weighted by molar-refractivity contribution is 6.29. The largest absolute Gasteiger partial charge is 0.476 e. The predicted octanol–water partition coefficient (Wildman–Crippen LogP) is 1.77. The van der Waals surface area contributed by atoms with E-state index in [-0.39, 0.29) is 0 Å². The van der Waals surface area contributed by atoms with Crippen molar-refractivity contribution in [3.63, 3.8) is 0 Å². The summed E-state index contributed by atoms with van der Waals surface area (Å²) < 4.78 is 5.52. The summed E-state index contributed by atoms with van der Waals surface area (Å²) in [4.78, 5) is 21.8. The predicted molar refractivity (Wildman–Crippen MR) is 69.9 cm³/mol. The molecule has 0 aromatic carbocycles. The summed E-state index contributed by atoms with van der Waals surface area (Å²) >= 11 is 5.72. The molecule has 1 aliphatic carbocycles. The monoisotopic (exact) mass is 281 g/mol. The first-order chi connectivity index (χ1) is 9.22. The summed E-state index contributed by atoms with van der Waals surface area (Å²) in [6.45, 7) is 2.15. The second-order valence-electron chi connectivity index (χ2n) is 5.23. The highest BCUT2D eigenvalue weighted by atomic mass is 35.5. The van der Waals surface area contributed by atoms with Crippen LogP contribution in [0.2, 0.25) is 5.15 Å². The van der Waals surface area contributed by atoms with Crippen molar-refractivity contribution in [2.45, 2.75) is 19.3 Å². The summed E-state index contributed by atoms with van der Waals surface area (Å²) in [5.74, 6) is 1.45. The second-order valence-corrected chi connectivity index (χ2v) is 5.62. The Bertz CT molecular complexity index is 473.